The number of pyridine rings is 1. The van der Waals surface area contributed by atoms with Crippen molar-refractivity contribution in [2.45, 2.75) is 0 Å². The maximum atomic E-state index is 11.6. The number of rotatable bonds is 0. The fraction of sp³-hybridized carbons (Fsp3) is 0. The largest absolute Gasteiger partial charge is 0.425 e. The van der Waals surface area contributed by atoms with E-state index in [4.69, 9.17) is 17.2 Å². The molecule has 0 amide bonds. The third-order valence-corrected chi connectivity index (χ3v) is 2.24. The predicted molar refractivity (Wildman–Crippen MR) is 58.6 cm³/mol. The lowest BCUT2D eigenvalue weighted by atomic mass is 10.1. The first-order valence-electron chi connectivity index (χ1n) is 4.20. The van der Waals surface area contributed by atoms with Crippen molar-refractivity contribution in [1.82, 2.24) is 4.73 Å². The van der Waals surface area contributed by atoms with Gasteiger partial charge in [-0.15, -0.1) is 0 Å². The first kappa shape index (κ1) is 9.20. The van der Waals surface area contributed by atoms with Crippen molar-refractivity contribution in [3.05, 3.63) is 28.7 Å². The van der Waals surface area contributed by atoms with Crippen LogP contribution in [0, 0.1) is 0 Å². The molecule has 0 saturated carbocycles. The molecule has 0 aliphatic carbocycles. The molecule has 2 rings (SSSR count). The Balaban J connectivity index is 3.16. The highest BCUT2D eigenvalue weighted by molar-refractivity contribution is 6.06. The molecule has 15 heavy (non-hydrogen) atoms. The number of nitrogens with two attached hydrogens (primary N) is 3. The fourth-order valence-electron chi connectivity index (χ4n) is 1.55. The van der Waals surface area contributed by atoms with Crippen molar-refractivity contribution >= 4 is 27.8 Å². The van der Waals surface area contributed by atoms with Crippen molar-refractivity contribution in [1.29, 1.82) is 0 Å². The van der Waals surface area contributed by atoms with Crippen LogP contribution in [-0.2, 0) is 0 Å². The van der Waals surface area contributed by atoms with Gasteiger partial charge in [-0.25, -0.2) is 0 Å². The van der Waals surface area contributed by atoms with Crippen molar-refractivity contribution in [2.24, 2.45) is 0 Å². The molecule has 1 aromatic carbocycles. The van der Waals surface area contributed by atoms with Gasteiger partial charge in [0.05, 0.1) is 17.3 Å². The Morgan fingerprint density at radius 1 is 1.00 bits per heavy atom. The van der Waals surface area contributed by atoms with Gasteiger partial charge < -0.3 is 22.4 Å². The lowest BCUT2D eigenvalue weighted by Gasteiger charge is -2.08. The summed E-state index contributed by atoms with van der Waals surface area (Å²) in [5.74, 6) is 0. The van der Waals surface area contributed by atoms with Gasteiger partial charge in [0, 0.05) is 16.8 Å². The number of nitrogen functional groups attached to an aromatic ring is 3. The summed E-state index contributed by atoms with van der Waals surface area (Å²) in [5.41, 5.74) is 17.1. The minimum Gasteiger partial charge on any atom is -0.425 e. The number of anilines is 3. The summed E-state index contributed by atoms with van der Waals surface area (Å²) < 4.78 is 0.396. The Labute approximate surface area is 84.5 Å². The summed E-state index contributed by atoms with van der Waals surface area (Å²) in [4.78, 5) is 11.6. The third-order valence-electron chi connectivity index (χ3n) is 2.24. The second-order valence-corrected chi connectivity index (χ2v) is 3.23. The number of hydrogen-bond donors (Lipinski definition) is 4. The first-order chi connectivity index (χ1) is 7.02. The molecule has 2 aromatic rings. The molecule has 1 aromatic heterocycles. The van der Waals surface area contributed by atoms with E-state index in [0.29, 0.717) is 15.8 Å². The molecular formula is C9H10N4O2. The fourth-order valence-corrected chi connectivity index (χ4v) is 1.55. The van der Waals surface area contributed by atoms with E-state index in [1.165, 1.54) is 6.07 Å². The average molecular weight is 206 g/mol. The lowest BCUT2D eigenvalue weighted by Crippen LogP contribution is -2.19. The normalized spacial score (nSPS) is 10.7. The van der Waals surface area contributed by atoms with Crippen LogP contribution in [0.15, 0.2) is 23.1 Å². The summed E-state index contributed by atoms with van der Waals surface area (Å²) in [7, 11) is 0. The number of hydrogen-bond acceptors (Lipinski definition) is 5. The van der Waals surface area contributed by atoms with Crippen LogP contribution in [0.1, 0.15) is 0 Å². The molecule has 0 aliphatic heterocycles. The van der Waals surface area contributed by atoms with E-state index in [0.717, 1.165) is 6.20 Å². The summed E-state index contributed by atoms with van der Waals surface area (Å²) in [6, 6.07) is 3.06. The molecule has 0 atom stereocenters. The van der Waals surface area contributed by atoms with Gasteiger partial charge in [0.15, 0.2) is 0 Å². The van der Waals surface area contributed by atoms with Gasteiger partial charge in [0.2, 0.25) is 0 Å². The van der Waals surface area contributed by atoms with E-state index in [9.17, 15) is 10.0 Å². The maximum absolute atomic E-state index is 11.6. The highest BCUT2D eigenvalue weighted by atomic mass is 16.5. The molecule has 0 saturated heterocycles. The molecule has 1 heterocycles. The smallest absolute Gasteiger partial charge is 0.292 e. The summed E-state index contributed by atoms with van der Waals surface area (Å²) in [6.45, 7) is 0. The molecule has 0 spiro atoms. The van der Waals surface area contributed by atoms with Crippen LogP contribution in [0.25, 0.3) is 10.8 Å². The van der Waals surface area contributed by atoms with Crippen molar-refractivity contribution in [3.8, 4) is 0 Å². The Kier molecular flexibility index (Phi) is 1.72. The Morgan fingerprint density at radius 3 is 2.13 bits per heavy atom. The third kappa shape index (κ3) is 1.15. The zero-order valence-electron chi connectivity index (χ0n) is 7.77. The highest BCUT2D eigenvalue weighted by Gasteiger charge is 2.11. The minimum atomic E-state index is -0.635. The molecule has 0 bridgehead atoms. The quantitative estimate of drug-likeness (QED) is 0.356. The molecule has 6 nitrogen and oxygen atoms in total. The van der Waals surface area contributed by atoms with Crippen molar-refractivity contribution < 1.29 is 5.21 Å². The van der Waals surface area contributed by atoms with E-state index in [-0.39, 0.29) is 16.8 Å². The number of aromatic nitrogens is 1. The standard InChI is InChI=1S/C9H10N4O2/c10-4-1-2-5(11)8-7(4)6(12)3-13(15)9(8)14/h1-3,15H,10-12H2. The highest BCUT2D eigenvalue weighted by Crippen LogP contribution is 2.27. The van der Waals surface area contributed by atoms with E-state index >= 15 is 0 Å². The van der Waals surface area contributed by atoms with Gasteiger partial charge in [-0.2, -0.15) is 4.73 Å². The molecular weight excluding hydrogens is 196 g/mol. The van der Waals surface area contributed by atoms with Crippen LogP contribution < -0.4 is 22.8 Å². The van der Waals surface area contributed by atoms with Crippen LogP contribution >= 0.6 is 0 Å². The molecule has 6 heteroatoms. The van der Waals surface area contributed by atoms with Gasteiger partial charge in [-0.1, -0.05) is 0 Å². The van der Waals surface area contributed by atoms with Gasteiger partial charge >= 0.3 is 0 Å². The average Bonchev–Trinajstić information content (AvgIpc) is 2.18. The molecule has 78 valence electrons. The molecule has 7 N–H and O–H groups in total. The Morgan fingerprint density at radius 2 is 1.53 bits per heavy atom. The van der Waals surface area contributed by atoms with Gasteiger partial charge in [-0.05, 0) is 12.1 Å². The Bertz CT molecular complexity index is 603. The van der Waals surface area contributed by atoms with Gasteiger partial charge in [0.1, 0.15) is 0 Å². The number of fused-ring (bicyclic) bond motifs is 1. The van der Waals surface area contributed by atoms with Crippen molar-refractivity contribution in [2.75, 3.05) is 17.2 Å². The zero-order valence-corrected chi connectivity index (χ0v) is 7.77. The van der Waals surface area contributed by atoms with Crippen LogP contribution in [0.5, 0.6) is 0 Å². The number of benzene rings is 1. The first-order valence-corrected chi connectivity index (χ1v) is 4.20. The van der Waals surface area contributed by atoms with E-state index in [2.05, 4.69) is 0 Å². The SMILES string of the molecule is Nc1ccc(N)c2c(=O)n(O)cc(N)c12. The van der Waals surface area contributed by atoms with E-state index in [1.54, 1.807) is 6.07 Å². The maximum Gasteiger partial charge on any atom is 0.292 e. The summed E-state index contributed by atoms with van der Waals surface area (Å²) >= 11 is 0. The van der Waals surface area contributed by atoms with Gasteiger partial charge in [-0.3, -0.25) is 4.79 Å². The topological polar surface area (TPSA) is 120 Å². The van der Waals surface area contributed by atoms with Crippen LogP contribution in [0.3, 0.4) is 0 Å². The monoisotopic (exact) mass is 206 g/mol. The summed E-state index contributed by atoms with van der Waals surface area (Å²) in [5, 5.41) is 9.76. The second kappa shape index (κ2) is 2.81. The van der Waals surface area contributed by atoms with E-state index < -0.39 is 5.56 Å². The molecule has 0 aliphatic rings. The molecule has 0 unspecified atom stereocenters. The Hall–Kier alpha value is -2.37. The zero-order chi connectivity index (χ0) is 11.2. The van der Waals surface area contributed by atoms with Crippen molar-refractivity contribution in [3.63, 3.8) is 0 Å². The van der Waals surface area contributed by atoms with Crippen LogP contribution in [0.4, 0.5) is 17.1 Å². The molecule has 0 radical (unpaired) electrons. The molecule has 0 fully saturated rings. The van der Waals surface area contributed by atoms with E-state index in [1.807, 2.05) is 0 Å². The number of nitrogens with zero attached hydrogens (tertiary/aromatic N) is 1. The lowest BCUT2D eigenvalue weighted by molar-refractivity contribution is 0.177. The minimum absolute atomic E-state index is 0.137. The van der Waals surface area contributed by atoms with Crippen LogP contribution in [0.2, 0.25) is 0 Å². The van der Waals surface area contributed by atoms with Crippen LogP contribution in [-0.4, -0.2) is 9.94 Å². The summed E-state index contributed by atoms with van der Waals surface area (Å²) in [6.07, 6.45) is 1.10. The second-order valence-electron chi connectivity index (χ2n) is 3.23. The van der Waals surface area contributed by atoms with Gasteiger partial charge in [0.25, 0.3) is 5.56 Å². The predicted octanol–water partition coefficient (Wildman–Crippen LogP) is -0.0146.